The van der Waals surface area contributed by atoms with Crippen LogP contribution in [0.3, 0.4) is 0 Å². The molecular formula is C7H6N2OS. The molecule has 0 saturated carbocycles. The van der Waals surface area contributed by atoms with E-state index in [1.165, 1.54) is 0 Å². The molecule has 2 rings (SSSR count). The lowest BCUT2D eigenvalue weighted by molar-refractivity contribution is 1.06. The summed E-state index contributed by atoms with van der Waals surface area (Å²) in [6, 6.07) is 3.51. The Labute approximate surface area is 66.7 Å². The first kappa shape index (κ1) is 6.42. The Hall–Kier alpha value is -1.29. The average molecular weight is 166 g/mol. The van der Waals surface area contributed by atoms with Gasteiger partial charge in [-0.05, 0) is 11.4 Å². The summed E-state index contributed by atoms with van der Waals surface area (Å²) >= 11 is 1.61. The summed E-state index contributed by atoms with van der Waals surface area (Å²) in [5.74, 6) is 0. The predicted octanol–water partition coefficient (Wildman–Crippen LogP) is 1.43. The molecule has 4 heteroatoms. The Bertz CT molecular complexity index is 384. The van der Waals surface area contributed by atoms with E-state index >= 15 is 0 Å². The fourth-order valence-electron chi connectivity index (χ4n) is 0.905. The van der Waals surface area contributed by atoms with Crippen LogP contribution in [-0.2, 0) is 0 Å². The zero-order valence-electron chi connectivity index (χ0n) is 5.63. The van der Waals surface area contributed by atoms with Crippen molar-refractivity contribution in [2.45, 2.75) is 0 Å². The van der Waals surface area contributed by atoms with Crippen molar-refractivity contribution < 1.29 is 0 Å². The Morgan fingerprint density at radius 1 is 1.36 bits per heavy atom. The van der Waals surface area contributed by atoms with Gasteiger partial charge in [-0.1, -0.05) is 0 Å². The van der Waals surface area contributed by atoms with Crippen LogP contribution < -0.4 is 5.56 Å². The van der Waals surface area contributed by atoms with Crippen molar-refractivity contribution in [3.05, 3.63) is 33.2 Å². The van der Waals surface area contributed by atoms with E-state index in [-0.39, 0.29) is 5.56 Å². The molecule has 0 amide bonds. The van der Waals surface area contributed by atoms with Crippen molar-refractivity contribution in [3.8, 4) is 11.3 Å². The quantitative estimate of drug-likeness (QED) is 0.661. The number of hydrogen-bond acceptors (Lipinski definition) is 2. The molecule has 0 radical (unpaired) electrons. The molecule has 0 saturated heterocycles. The fraction of sp³-hybridized carbons (Fsp3) is 0. The van der Waals surface area contributed by atoms with Gasteiger partial charge >= 0.3 is 0 Å². The zero-order chi connectivity index (χ0) is 7.68. The Kier molecular flexibility index (Phi) is 1.40. The van der Waals surface area contributed by atoms with Gasteiger partial charge in [0.25, 0.3) is 5.56 Å². The minimum atomic E-state index is -0.0915. The van der Waals surface area contributed by atoms with Crippen LogP contribution in [0.15, 0.2) is 27.7 Å². The SMILES string of the molecule is O=c1cc(-c2ccsc2)[nH][nH]1. The van der Waals surface area contributed by atoms with Gasteiger partial charge in [0.2, 0.25) is 0 Å². The van der Waals surface area contributed by atoms with E-state index in [4.69, 9.17) is 0 Å². The summed E-state index contributed by atoms with van der Waals surface area (Å²) in [5.41, 5.74) is 1.80. The molecule has 0 bridgehead atoms. The summed E-state index contributed by atoms with van der Waals surface area (Å²) in [7, 11) is 0. The smallest absolute Gasteiger partial charge is 0.264 e. The summed E-state index contributed by atoms with van der Waals surface area (Å²) in [5, 5.41) is 9.22. The molecule has 0 aliphatic heterocycles. The van der Waals surface area contributed by atoms with Crippen LogP contribution in [0.25, 0.3) is 11.3 Å². The normalized spacial score (nSPS) is 10.2. The van der Waals surface area contributed by atoms with E-state index in [1.807, 2.05) is 16.8 Å². The first-order valence-corrected chi connectivity index (χ1v) is 4.11. The molecule has 56 valence electrons. The van der Waals surface area contributed by atoms with Gasteiger partial charge in [0.15, 0.2) is 0 Å². The van der Waals surface area contributed by atoms with E-state index in [9.17, 15) is 4.79 Å². The summed E-state index contributed by atoms with van der Waals surface area (Å²) in [4.78, 5) is 10.7. The Morgan fingerprint density at radius 2 is 2.27 bits per heavy atom. The van der Waals surface area contributed by atoms with Crippen molar-refractivity contribution in [1.29, 1.82) is 0 Å². The van der Waals surface area contributed by atoms with Gasteiger partial charge in [-0.25, -0.2) is 0 Å². The number of aromatic nitrogens is 2. The third kappa shape index (κ3) is 1.12. The van der Waals surface area contributed by atoms with E-state index < -0.39 is 0 Å². The number of thiophene rings is 1. The largest absolute Gasteiger partial charge is 0.298 e. The second-order valence-corrected chi connectivity index (χ2v) is 2.96. The third-order valence-electron chi connectivity index (χ3n) is 1.43. The highest BCUT2D eigenvalue weighted by Gasteiger charge is 1.98. The maximum absolute atomic E-state index is 10.7. The van der Waals surface area contributed by atoms with Crippen molar-refractivity contribution in [1.82, 2.24) is 10.2 Å². The van der Waals surface area contributed by atoms with Crippen molar-refractivity contribution in [2.24, 2.45) is 0 Å². The molecule has 0 aromatic carbocycles. The highest BCUT2D eigenvalue weighted by atomic mass is 32.1. The average Bonchev–Trinajstić information content (AvgIpc) is 2.55. The summed E-state index contributed by atoms with van der Waals surface area (Å²) in [6.07, 6.45) is 0. The van der Waals surface area contributed by atoms with Gasteiger partial charge in [0.1, 0.15) is 0 Å². The third-order valence-corrected chi connectivity index (χ3v) is 2.11. The lowest BCUT2D eigenvalue weighted by Gasteiger charge is -1.85. The fourth-order valence-corrected chi connectivity index (χ4v) is 1.56. The van der Waals surface area contributed by atoms with E-state index in [0.717, 1.165) is 11.3 Å². The van der Waals surface area contributed by atoms with Gasteiger partial charge in [-0.3, -0.25) is 15.0 Å². The van der Waals surface area contributed by atoms with E-state index in [2.05, 4.69) is 10.2 Å². The molecule has 0 spiro atoms. The molecule has 2 aromatic rings. The second kappa shape index (κ2) is 2.39. The van der Waals surface area contributed by atoms with Gasteiger partial charge in [0.05, 0.1) is 5.69 Å². The lowest BCUT2D eigenvalue weighted by Crippen LogP contribution is -1.93. The molecule has 2 aromatic heterocycles. The first-order chi connectivity index (χ1) is 5.36. The Balaban J connectivity index is 2.53. The second-order valence-electron chi connectivity index (χ2n) is 2.18. The molecule has 2 N–H and O–H groups in total. The van der Waals surface area contributed by atoms with E-state index in [0.29, 0.717) is 0 Å². The predicted molar refractivity (Wildman–Crippen MR) is 44.7 cm³/mol. The molecule has 3 nitrogen and oxygen atoms in total. The Morgan fingerprint density at radius 3 is 2.82 bits per heavy atom. The maximum atomic E-state index is 10.7. The van der Waals surface area contributed by atoms with Crippen molar-refractivity contribution in [2.75, 3.05) is 0 Å². The number of aromatic amines is 2. The number of rotatable bonds is 1. The topological polar surface area (TPSA) is 48.6 Å². The van der Waals surface area contributed by atoms with Crippen LogP contribution in [0.1, 0.15) is 0 Å². The lowest BCUT2D eigenvalue weighted by atomic mass is 10.2. The molecule has 2 heterocycles. The molecule has 0 fully saturated rings. The molecule has 0 atom stereocenters. The van der Waals surface area contributed by atoms with Crippen LogP contribution in [0, 0.1) is 0 Å². The van der Waals surface area contributed by atoms with Crippen LogP contribution in [0.5, 0.6) is 0 Å². The molecular weight excluding hydrogens is 160 g/mol. The monoisotopic (exact) mass is 166 g/mol. The standard InChI is InChI=1S/C7H6N2OS/c10-7-3-6(8-9-7)5-1-2-11-4-5/h1-4H,(H2,8,9,10). The van der Waals surface area contributed by atoms with Gasteiger partial charge < -0.3 is 0 Å². The number of nitrogens with one attached hydrogen (secondary N) is 2. The van der Waals surface area contributed by atoms with Crippen molar-refractivity contribution >= 4 is 11.3 Å². The van der Waals surface area contributed by atoms with Crippen molar-refractivity contribution in [3.63, 3.8) is 0 Å². The number of hydrogen-bond donors (Lipinski definition) is 2. The summed E-state index contributed by atoms with van der Waals surface area (Å²) < 4.78 is 0. The molecule has 0 unspecified atom stereocenters. The minimum Gasteiger partial charge on any atom is -0.298 e. The molecule has 11 heavy (non-hydrogen) atoms. The van der Waals surface area contributed by atoms with Crippen LogP contribution in [-0.4, -0.2) is 10.2 Å². The minimum absolute atomic E-state index is 0.0915. The molecule has 0 aliphatic rings. The first-order valence-electron chi connectivity index (χ1n) is 3.16. The highest BCUT2D eigenvalue weighted by molar-refractivity contribution is 7.08. The van der Waals surface area contributed by atoms with Gasteiger partial charge in [-0.2, -0.15) is 11.3 Å². The van der Waals surface area contributed by atoms with Crippen LogP contribution in [0.4, 0.5) is 0 Å². The number of H-pyrrole nitrogens is 2. The summed E-state index contributed by atoms with van der Waals surface area (Å²) in [6.45, 7) is 0. The van der Waals surface area contributed by atoms with E-state index in [1.54, 1.807) is 17.4 Å². The van der Waals surface area contributed by atoms with Crippen LogP contribution >= 0.6 is 11.3 Å². The zero-order valence-corrected chi connectivity index (χ0v) is 6.44. The maximum Gasteiger partial charge on any atom is 0.264 e. The highest BCUT2D eigenvalue weighted by Crippen LogP contribution is 2.17. The molecule has 0 aliphatic carbocycles. The van der Waals surface area contributed by atoms with Crippen LogP contribution in [0.2, 0.25) is 0 Å². The van der Waals surface area contributed by atoms with Gasteiger partial charge in [0, 0.05) is 17.0 Å². The van der Waals surface area contributed by atoms with Gasteiger partial charge in [-0.15, -0.1) is 0 Å².